The Kier molecular flexibility index (Phi) is 15.8. The molecule has 0 radical (unpaired) electrons. The SMILES string of the molecule is COc1cc(CNC(=O)[C@H](Cc2ccc(F)c([N+](=O)[O-])c2)NC(=O)OC(C)(C)C)c(-c2cc([C@H](COC(=O)C(C)(C)C)NC(=O)Cc3cccc(O)c3)ccc2OC)c(OC)c1. The van der Waals surface area contributed by atoms with Crippen LogP contribution in [0.2, 0.25) is 0 Å². The molecule has 0 heterocycles. The van der Waals surface area contributed by atoms with E-state index in [0.29, 0.717) is 45.1 Å². The summed E-state index contributed by atoms with van der Waals surface area (Å²) in [5.74, 6) is -1.67. The molecule has 0 unspecified atom stereocenters. The zero-order chi connectivity index (χ0) is 45.9. The number of carbonyl (C=O) groups is 4. The van der Waals surface area contributed by atoms with Crippen molar-refractivity contribution in [2.75, 3.05) is 27.9 Å². The van der Waals surface area contributed by atoms with Crippen molar-refractivity contribution in [3.63, 3.8) is 0 Å². The summed E-state index contributed by atoms with van der Waals surface area (Å²) >= 11 is 0. The number of benzene rings is 4. The molecule has 4 rings (SSSR count). The van der Waals surface area contributed by atoms with Gasteiger partial charge in [0.2, 0.25) is 17.6 Å². The highest BCUT2D eigenvalue weighted by atomic mass is 19.1. The number of nitro benzene ring substituents is 1. The van der Waals surface area contributed by atoms with Crippen molar-refractivity contribution in [3.05, 3.63) is 111 Å². The molecule has 17 heteroatoms. The van der Waals surface area contributed by atoms with E-state index in [2.05, 4.69) is 16.0 Å². The summed E-state index contributed by atoms with van der Waals surface area (Å²) < 4.78 is 42.5. The molecule has 0 aromatic heterocycles. The molecule has 62 heavy (non-hydrogen) atoms. The maximum atomic E-state index is 14.2. The third-order valence-electron chi connectivity index (χ3n) is 9.22. The number of nitrogens with one attached hydrogen (secondary N) is 3. The summed E-state index contributed by atoms with van der Waals surface area (Å²) in [6.07, 6.45) is -1.29. The van der Waals surface area contributed by atoms with E-state index < -0.39 is 63.4 Å². The number of phenols is 1. The molecule has 4 N–H and O–H groups in total. The standard InChI is InChI=1S/C45H53FN4O12/c1-44(2,3)42(54)61-25-35(48-39(52)20-26-11-10-12-30(51)17-26)28-14-16-37(59-8)32(22-28)40-29(21-31(58-7)23-38(40)60-9)24-47-41(53)34(49-43(55)62-45(4,5)6)18-27-13-15-33(46)36(19-27)50(56)57/h10-17,19,21-23,34-35,51H,18,20,24-25H2,1-9H3,(H,47,53)(H,48,52)(H,49,55)/t34-,35-/m0/s1. The molecule has 16 nitrogen and oxygen atoms in total. The maximum Gasteiger partial charge on any atom is 0.408 e. The molecule has 0 spiro atoms. The first-order valence-corrected chi connectivity index (χ1v) is 19.5. The first kappa shape index (κ1) is 47.8. The zero-order valence-corrected chi connectivity index (χ0v) is 36.2. The first-order chi connectivity index (χ1) is 29.1. The van der Waals surface area contributed by atoms with Gasteiger partial charge in [-0.2, -0.15) is 4.39 Å². The Morgan fingerprint density at radius 3 is 2.16 bits per heavy atom. The van der Waals surface area contributed by atoms with Crippen molar-refractivity contribution in [1.82, 2.24) is 16.0 Å². The van der Waals surface area contributed by atoms with Gasteiger partial charge in [0.05, 0.1) is 44.1 Å². The molecule has 0 aliphatic carbocycles. The van der Waals surface area contributed by atoms with Crippen LogP contribution in [0.4, 0.5) is 14.9 Å². The molecule has 4 aromatic carbocycles. The lowest BCUT2D eigenvalue weighted by atomic mass is 9.93. The predicted molar refractivity (Wildman–Crippen MR) is 226 cm³/mol. The van der Waals surface area contributed by atoms with Crippen molar-refractivity contribution in [1.29, 1.82) is 0 Å². The number of ether oxygens (including phenoxy) is 5. The second kappa shape index (κ2) is 20.6. The van der Waals surface area contributed by atoms with Crippen molar-refractivity contribution in [3.8, 4) is 34.1 Å². The molecule has 0 fully saturated rings. The Labute approximate surface area is 359 Å². The molecule has 2 atom stereocenters. The molecule has 0 bridgehead atoms. The number of alkyl carbamates (subject to hydrolysis) is 1. The number of nitro groups is 1. The van der Waals surface area contributed by atoms with Crippen LogP contribution >= 0.6 is 0 Å². The lowest BCUT2D eigenvalue weighted by Gasteiger charge is -2.25. The number of rotatable bonds is 17. The average molecular weight is 861 g/mol. The van der Waals surface area contributed by atoms with Gasteiger partial charge in [0.15, 0.2) is 0 Å². The smallest absolute Gasteiger partial charge is 0.408 e. The number of phenolic OH excluding ortho intramolecular Hbond substituents is 1. The van der Waals surface area contributed by atoms with E-state index in [1.165, 1.54) is 39.5 Å². The van der Waals surface area contributed by atoms with Crippen molar-refractivity contribution >= 4 is 29.6 Å². The molecule has 0 aliphatic rings. The fourth-order valence-electron chi connectivity index (χ4n) is 6.23. The number of hydrogen-bond donors (Lipinski definition) is 4. The largest absolute Gasteiger partial charge is 0.508 e. The van der Waals surface area contributed by atoms with Gasteiger partial charge in [0, 0.05) is 36.2 Å². The van der Waals surface area contributed by atoms with Crippen molar-refractivity contribution in [2.45, 2.75) is 78.6 Å². The summed E-state index contributed by atoms with van der Waals surface area (Å²) in [5.41, 5.74) is 0.0267. The summed E-state index contributed by atoms with van der Waals surface area (Å²) in [7, 11) is 4.35. The molecule has 0 aliphatic heterocycles. The van der Waals surface area contributed by atoms with Gasteiger partial charge in [-0.3, -0.25) is 24.5 Å². The molecule has 4 aromatic rings. The Morgan fingerprint density at radius 1 is 0.839 bits per heavy atom. The number of halogens is 1. The van der Waals surface area contributed by atoms with E-state index in [0.717, 1.165) is 12.1 Å². The monoisotopic (exact) mass is 860 g/mol. The minimum Gasteiger partial charge on any atom is -0.508 e. The van der Waals surface area contributed by atoms with Crippen LogP contribution in [0.5, 0.6) is 23.0 Å². The highest BCUT2D eigenvalue weighted by molar-refractivity contribution is 5.87. The number of aromatic hydroxyl groups is 1. The van der Waals surface area contributed by atoms with E-state index in [1.54, 1.807) is 84.0 Å². The van der Waals surface area contributed by atoms with Crippen LogP contribution in [0.15, 0.2) is 72.8 Å². The first-order valence-electron chi connectivity index (χ1n) is 19.5. The highest BCUT2D eigenvalue weighted by Gasteiger charge is 2.29. The molecular weight excluding hydrogens is 808 g/mol. The van der Waals surface area contributed by atoms with Gasteiger partial charge in [-0.15, -0.1) is 0 Å². The van der Waals surface area contributed by atoms with Gasteiger partial charge in [0.25, 0.3) is 0 Å². The third kappa shape index (κ3) is 13.3. The van der Waals surface area contributed by atoms with Gasteiger partial charge >= 0.3 is 17.7 Å². The van der Waals surface area contributed by atoms with Gasteiger partial charge < -0.3 is 44.7 Å². The Balaban J connectivity index is 1.76. The van der Waals surface area contributed by atoms with Crippen LogP contribution in [0.3, 0.4) is 0 Å². The van der Waals surface area contributed by atoms with Crippen LogP contribution in [0.25, 0.3) is 11.1 Å². The van der Waals surface area contributed by atoms with Gasteiger partial charge in [-0.05, 0) is 100 Å². The highest BCUT2D eigenvalue weighted by Crippen LogP contribution is 2.43. The van der Waals surface area contributed by atoms with E-state index in [9.17, 15) is 38.8 Å². The number of hydrogen-bond acceptors (Lipinski definition) is 12. The van der Waals surface area contributed by atoms with Gasteiger partial charge in [0.1, 0.15) is 41.2 Å². The predicted octanol–water partition coefficient (Wildman–Crippen LogP) is 6.87. The minimum absolute atomic E-state index is 0.000159. The maximum absolute atomic E-state index is 14.2. The lowest BCUT2D eigenvalue weighted by molar-refractivity contribution is -0.387. The summed E-state index contributed by atoms with van der Waals surface area (Å²) in [5, 5.41) is 29.7. The van der Waals surface area contributed by atoms with E-state index in [4.69, 9.17) is 23.7 Å². The van der Waals surface area contributed by atoms with Gasteiger partial charge in [-0.25, -0.2) is 4.79 Å². The second-order valence-electron chi connectivity index (χ2n) is 16.3. The molecule has 0 saturated heterocycles. The lowest BCUT2D eigenvalue weighted by Crippen LogP contribution is -2.49. The van der Waals surface area contributed by atoms with E-state index >= 15 is 0 Å². The van der Waals surface area contributed by atoms with Crippen LogP contribution < -0.4 is 30.2 Å². The quantitative estimate of drug-likeness (QED) is 0.0486. The minimum atomic E-state index is -1.34. The second-order valence-corrected chi connectivity index (χ2v) is 16.3. The molecule has 3 amide bonds. The van der Waals surface area contributed by atoms with Crippen LogP contribution in [0, 0.1) is 21.3 Å². The van der Waals surface area contributed by atoms with Crippen molar-refractivity contribution < 1.29 is 57.3 Å². The number of methoxy groups -OCH3 is 3. The zero-order valence-electron chi connectivity index (χ0n) is 36.2. The average Bonchev–Trinajstić information content (AvgIpc) is 3.19. The fourth-order valence-corrected chi connectivity index (χ4v) is 6.23. The van der Waals surface area contributed by atoms with Crippen molar-refractivity contribution in [2.24, 2.45) is 5.41 Å². The summed E-state index contributed by atoms with van der Waals surface area (Å²) in [6.45, 7) is 9.59. The van der Waals surface area contributed by atoms with Crippen LogP contribution in [-0.2, 0) is 43.2 Å². The number of carbonyl (C=O) groups excluding carboxylic acids is 4. The normalized spacial score (nSPS) is 12.3. The van der Waals surface area contributed by atoms with Gasteiger partial charge in [-0.1, -0.05) is 24.3 Å². The Hall–Kier alpha value is -6.91. The molecule has 332 valence electrons. The van der Waals surface area contributed by atoms with E-state index in [1.807, 2.05) is 0 Å². The number of nitrogens with zero attached hydrogens (tertiary/aromatic N) is 1. The Bertz CT molecular complexity index is 2290. The fraction of sp³-hybridized carbons (Fsp3) is 0.378. The molecule has 0 saturated carbocycles. The summed E-state index contributed by atoms with van der Waals surface area (Å²) in [6, 6.07) is 15.6. The molecular formula is C45H53FN4O12. The number of esters is 1. The topological polar surface area (TPSA) is 214 Å². The van der Waals surface area contributed by atoms with Crippen LogP contribution in [0.1, 0.15) is 69.8 Å². The van der Waals surface area contributed by atoms with Crippen LogP contribution in [-0.4, -0.2) is 73.5 Å². The Morgan fingerprint density at radius 2 is 1.55 bits per heavy atom. The number of amides is 3. The van der Waals surface area contributed by atoms with E-state index in [-0.39, 0.29) is 37.3 Å². The summed E-state index contributed by atoms with van der Waals surface area (Å²) in [4.78, 5) is 63.9. The third-order valence-corrected chi connectivity index (χ3v) is 9.22.